The predicted molar refractivity (Wildman–Crippen MR) is 162 cm³/mol. The largest absolute Gasteiger partial charge is 0.480 e. The normalized spacial score (nSPS) is 22.0. The summed E-state index contributed by atoms with van der Waals surface area (Å²) in [4.78, 5) is 27.1. The zero-order valence-electron chi connectivity index (χ0n) is 23.3. The number of allylic oxidation sites excluding steroid dienone is 3. The fraction of sp³-hybridized carbons (Fsp3) is 0.182. The lowest BCUT2D eigenvalue weighted by Crippen LogP contribution is -2.44. The van der Waals surface area contributed by atoms with Crippen molar-refractivity contribution in [3.63, 3.8) is 0 Å². The molecule has 4 heterocycles. The van der Waals surface area contributed by atoms with Crippen molar-refractivity contribution in [3.8, 4) is 0 Å². The second-order valence-corrected chi connectivity index (χ2v) is 11.4. The highest BCUT2D eigenvalue weighted by atomic mass is 35.5. The van der Waals surface area contributed by atoms with E-state index in [0.29, 0.717) is 50.6 Å². The maximum Gasteiger partial charge on any atom is 0.325 e. The number of aliphatic carboxylic acids is 1. The molecule has 2 aromatic heterocycles. The van der Waals surface area contributed by atoms with Crippen molar-refractivity contribution in [3.05, 3.63) is 130 Å². The highest BCUT2D eigenvalue weighted by Crippen LogP contribution is 2.51. The summed E-state index contributed by atoms with van der Waals surface area (Å²) in [6, 6.07) is 17.7. The van der Waals surface area contributed by atoms with Crippen LogP contribution in [0.1, 0.15) is 22.6 Å². The van der Waals surface area contributed by atoms with Crippen molar-refractivity contribution < 1.29 is 32.8 Å². The third-order valence-corrected chi connectivity index (χ3v) is 8.72. The second-order valence-electron chi connectivity index (χ2n) is 10.5. The molecule has 2 aliphatic rings. The number of furan rings is 2. The first-order chi connectivity index (χ1) is 20.7. The summed E-state index contributed by atoms with van der Waals surface area (Å²) in [5, 5.41) is 11.7. The lowest BCUT2D eigenvalue weighted by atomic mass is 9.74. The molecule has 0 saturated carbocycles. The Morgan fingerprint density at radius 1 is 1.00 bits per heavy atom. The monoisotopic (exact) mass is 617 g/mol. The van der Waals surface area contributed by atoms with Gasteiger partial charge >= 0.3 is 5.97 Å². The first-order valence-electron chi connectivity index (χ1n) is 13.4. The van der Waals surface area contributed by atoms with Crippen molar-refractivity contribution in [2.24, 2.45) is 0 Å². The summed E-state index contributed by atoms with van der Waals surface area (Å²) in [6.07, 6.45) is 8.72. The molecule has 218 valence electrons. The average Bonchev–Trinajstić information content (AvgIpc) is 3.76. The Bertz CT molecular complexity index is 1810. The third kappa shape index (κ3) is 4.58. The van der Waals surface area contributed by atoms with Crippen LogP contribution in [0.2, 0.25) is 10.0 Å². The third-order valence-electron chi connectivity index (χ3n) is 8.25. The molecule has 4 aromatic rings. The van der Waals surface area contributed by atoms with Crippen molar-refractivity contribution in [1.82, 2.24) is 0 Å². The van der Waals surface area contributed by atoms with Crippen LogP contribution in [0.3, 0.4) is 0 Å². The number of nitrogens with zero attached hydrogens (tertiary/aromatic N) is 2. The Kier molecular flexibility index (Phi) is 7.28. The fourth-order valence-electron chi connectivity index (χ4n) is 6.34. The number of likely N-dealkylation sites (N-methyl/N-ethyl adjacent to an activating group) is 1. The number of anilines is 1. The Hall–Kier alpha value is -4.53. The first kappa shape index (κ1) is 28.6. The molecule has 0 fully saturated rings. The van der Waals surface area contributed by atoms with Gasteiger partial charge in [-0.25, -0.2) is 0 Å². The molecule has 0 amide bonds. The van der Waals surface area contributed by atoms with E-state index in [1.807, 2.05) is 47.8 Å². The Balaban J connectivity index is 1.50. The molecular weight excluding hydrogens is 591 g/mol. The number of rotatable bonds is 9. The van der Waals surface area contributed by atoms with Gasteiger partial charge in [-0.15, -0.1) is 0 Å². The number of carbonyl (C=O) groups is 2. The topological polar surface area (TPSA) is 96.1 Å². The molecule has 0 bridgehead atoms. The molecule has 0 radical (unpaired) electrons. The lowest BCUT2D eigenvalue weighted by molar-refractivity contribution is -0.401. The zero-order valence-corrected chi connectivity index (χ0v) is 24.8. The van der Waals surface area contributed by atoms with Gasteiger partial charge in [-0.3, -0.25) is 9.59 Å². The molecule has 2 aliphatic heterocycles. The van der Waals surface area contributed by atoms with E-state index in [-0.39, 0.29) is 12.8 Å². The van der Waals surface area contributed by atoms with E-state index in [9.17, 15) is 14.7 Å². The summed E-state index contributed by atoms with van der Waals surface area (Å²) < 4.78 is 19.0. The first-order valence-corrected chi connectivity index (χ1v) is 14.2. The minimum Gasteiger partial charge on any atom is -0.480 e. The van der Waals surface area contributed by atoms with Crippen LogP contribution in [0, 0.1) is 0 Å². The molecule has 8 nitrogen and oxygen atoms in total. The molecule has 1 N–H and O–H groups in total. The smallest absolute Gasteiger partial charge is 0.325 e. The summed E-state index contributed by atoms with van der Waals surface area (Å²) >= 11 is 12.8. The van der Waals surface area contributed by atoms with E-state index in [4.69, 9.17) is 36.8 Å². The molecule has 2 atom stereocenters. The minimum absolute atomic E-state index is 0.0732. The highest BCUT2D eigenvalue weighted by molar-refractivity contribution is 6.31. The standard InChI is InChI=1S/C33H26Cl2N2O6/c1-36-27-12-10-21(34)16-25(27)32(31(39)40,18-23-6-4-14-41-23)29(36)8-3-9-30-33(43-20-38,19-24-7-5-15-42-24)26-17-22(35)11-13-28(26)37(30)2/h3-17,20H,18-19H2,1-2H3/p+1. The highest BCUT2D eigenvalue weighted by Gasteiger charge is 2.57. The van der Waals surface area contributed by atoms with E-state index in [2.05, 4.69) is 0 Å². The quantitative estimate of drug-likeness (QED) is 0.165. The maximum absolute atomic E-state index is 13.2. The molecule has 43 heavy (non-hydrogen) atoms. The number of carboxylic acids is 1. The van der Waals surface area contributed by atoms with Gasteiger partial charge in [-0.05, 0) is 60.7 Å². The molecule has 0 aliphatic carbocycles. The van der Waals surface area contributed by atoms with Gasteiger partial charge in [-0.1, -0.05) is 29.3 Å². The van der Waals surface area contributed by atoms with Crippen LogP contribution in [0.25, 0.3) is 0 Å². The Morgan fingerprint density at radius 2 is 1.65 bits per heavy atom. The van der Waals surface area contributed by atoms with E-state index in [0.717, 1.165) is 11.4 Å². The van der Waals surface area contributed by atoms with Gasteiger partial charge in [0.05, 0.1) is 30.2 Å². The van der Waals surface area contributed by atoms with Crippen molar-refractivity contribution in [1.29, 1.82) is 0 Å². The number of carboxylic acid groups (broad SMARTS) is 1. The van der Waals surface area contributed by atoms with E-state index < -0.39 is 17.0 Å². The molecule has 10 heteroatoms. The van der Waals surface area contributed by atoms with Crippen LogP contribution in [0.5, 0.6) is 0 Å². The SMILES string of the molecule is CN1/C(=C\C=C\C2=[N+](C)c3ccc(Cl)cc3C2(Cc2ccco2)C(=O)O)C(Cc2ccco2)(OC=O)c2cc(Cl)ccc21. The Labute approximate surface area is 257 Å². The number of carbonyl (C=O) groups excluding carboxylic acids is 1. The molecule has 2 unspecified atom stereocenters. The van der Waals surface area contributed by atoms with Crippen molar-refractivity contribution in [2.75, 3.05) is 19.0 Å². The van der Waals surface area contributed by atoms with Crippen LogP contribution < -0.4 is 4.90 Å². The average molecular weight is 618 g/mol. The predicted octanol–water partition coefficient (Wildman–Crippen LogP) is 6.67. The molecule has 0 spiro atoms. The van der Waals surface area contributed by atoms with Crippen LogP contribution >= 0.6 is 23.2 Å². The van der Waals surface area contributed by atoms with Gasteiger partial charge in [0.2, 0.25) is 11.4 Å². The molecule has 0 saturated heterocycles. The molecule has 2 aromatic carbocycles. The van der Waals surface area contributed by atoms with Crippen LogP contribution in [0.15, 0.2) is 106 Å². The zero-order chi connectivity index (χ0) is 30.4. The van der Waals surface area contributed by atoms with Crippen molar-refractivity contribution >= 4 is 52.7 Å². The summed E-state index contributed by atoms with van der Waals surface area (Å²) in [7, 11) is 3.69. The second kappa shape index (κ2) is 10.9. The van der Waals surface area contributed by atoms with Gasteiger partial charge in [0, 0.05) is 46.9 Å². The summed E-state index contributed by atoms with van der Waals surface area (Å²) in [6.45, 7) is 0.420. The number of halogens is 2. The molecule has 6 rings (SSSR count). The number of fused-ring (bicyclic) bond motifs is 2. The van der Waals surface area contributed by atoms with Gasteiger partial charge in [-0.2, -0.15) is 4.58 Å². The van der Waals surface area contributed by atoms with Crippen molar-refractivity contribution in [2.45, 2.75) is 23.9 Å². The Morgan fingerprint density at radius 3 is 2.28 bits per heavy atom. The van der Waals surface area contributed by atoms with Crippen LogP contribution in [-0.4, -0.2) is 41.9 Å². The lowest BCUT2D eigenvalue weighted by Gasteiger charge is -2.30. The van der Waals surface area contributed by atoms with Gasteiger partial charge in [0.1, 0.15) is 18.6 Å². The summed E-state index contributed by atoms with van der Waals surface area (Å²) in [5.74, 6) is 0.0895. The number of hydrogen-bond donors (Lipinski definition) is 1. The number of hydrogen-bond acceptors (Lipinski definition) is 6. The van der Waals surface area contributed by atoms with E-state index in [1.165, 1.54) is 6.26 Å². The number of benzene rings is 2. The van der Waals surface area contributed by atoms with E-state index in [1.54, 1.807) is 60.9 Å². The fourth-order valence-corrected chi connectivity index (χ4v) is 6.69. The minimum atomic E-state index is -1.48. The van der Waals surface area contributed by atoms with Gasteiger partial charge < -0.3 is 23.6 Å². The van der Waals surface area contributed by atoms with Gasteiger partial charge in [0.25, 0.3) is 6.47 Å². The van der Waals surface area contributed by atoms with Gasteiger partial charge in [0.15, 0.2) is 11.0 Å². The van der Waals surface area contributed by atoms with Crippen LogP contribution in [-0.2, 0) is 38.2 Å². The van der Waals surface area contributed by atoms with E-state index >= 15 is 0 Å². The van der Waals surface area contributed by atoms with Crippen LogP contribution in [0.4, 0.5) is 11.4 Å². The molecular formula is C33H27Cl2N2O6+. The maximum atomic E-state index is 13.2. The summed E-state index contributed by atoms with van der Waals surface area (Å²) in [5.41, 5.74) is 1.22. The number of ether oxygens (including phenoxy) is 1.